The number of nitrogens with one attached hydrogen (secondary N) is 1. The fraction of sp³-hybridized carbons (Fsp3) is 0.667. The van der Waals surface area contributed by atoms with E-state index in [2.05, 4.69) is 43.2 Å². The van der Waals surface area contributed by atoms with Gasteiger partial charge in [0.1, 0.15) is 5.75 Å². The van der Waals surface area contributed by atoms with Crippen LogP contribution < -0.4 is 10.1 Å². The van der Waals surface area contributed by atoms with Crippen molar-refractivity contribution in [3.63, 3.8) is 0 Å². The first-order chi connectivity index (χ1) is 12.7. The van der Waals surface area contributed by atoms with Crippen molar-refractivity contribution in [3.05, 3.63) is 29.8 Å². The van der Waals surface area contributed by atoms with Crippen molar-refractivity contribution in [3.8, 4) is 5.75 Å². The van der Waals surface area contributed by atoms with Crippen LogP contribution in [0, 0.1) is 5.92 Å². The van der Waals surface area contributed by atoms with Crippen molar-refractivity contribution in [2.75, 3.05) is 40.0 Å². The molecule has 1 aromatic rings. The van der Waals surface area contributed by atoms with Gasteiger partial charge in [-0.3, -0.25) is 0 Å². The summed E-state index contributed by atoms with van der Waals surface area (Å²) in [7, 11) is 2.13. The summed E-state index contributed by atoms with van der Waals surface area (Å²) in [6.07, 6.45) is 4.59. The number of guanidine groups is 1. The Morgan fingerprint density at radius 2 is 2.12 bits per heavy atom. The standard InChI is InChI=1S/C21H35N3O2/c1-4-13-26-20-8-6-7-19(16-20)17-23-21(22-5-2)24(3)12-9-18-10-14-25-15-11-18/h6-8,16,18H,4-5,9-15,17H2,1-3H3,(H,22,23). The molecule has 5 nitrogen and oxygen atoms in total. The molecule has 1 N–H and O–H groups in total. The highest BCUT2D eigenvalue weighted by Gasteiger charge is 2.15. The Hall–Kier alpha value is -1.75. The van der Waals surface area contributed by atoms with Crippen LogP contribution in [0.15, 0.2) is 29.3 Å². The first-order valence-electron chi connectivity index (χ1n) is 10.0. The first-order valence-corrected chi connectivity index (χ1v) is 10.0. The van der Waals surface area contributed by atoms with Gasteiger partial charge in [0.05, 0.1) is 13.2 Å². The summed E-state index contributed by atoms with van der Waals surface area (Å²) < 4.78 is 11.2. The van der Waals surface area contributed by atoms with Crippen molar-refractivity contribution in [1.82, 2.24) is 10.2 Å². The molecule has 1 heterocycles. The van der Waals surface area contributed by atoms with Gasteiger partial charge in [-0.25, -0.2) is 4.99 Å². The molecule has 26 heavy (non-hydrogen) atoms. The number of benzene rings is 1. The summed E-state index contributed by atoms with van der Waals surface area (Å²) >= 11 is 0. The van der Waals surface area contributed by atoms with Crippen LogP contribution in [0.5, 0.6) is 5.75 Å². The van der Waals surface area contributed by atoms with Gasteiger partial charge in [-0.15, -0.1) is 0 Å². The van der Waals surface area contributed by atoms with Crippen molar-refractivity contribution in [1.29, 1.82) is 0 Å². The maximum Gasteiger partial charge on any atom is 0.193 e. The molecule has 1 aliphatic heterocycles. The lowest BCUT2D eigenvalue weighted by molar-refractivity contribution is 0.0625. The van der Waals surface area contributed by atoms with Crippen molar-refractivity contribution >= 4 is 5.96 Å². The molecule has 1 aromatic carbocycles. The van der Waals surface area contributed by atoms with E-state index in [1.54, 1.807) is 0 Å². The van der Waals surface area contributed by atoms with Gasteiger partial charge in [0.25, 0.3) is 0 Å². The molecule has 146 valence electrons. The topological polar surface area (TPSA) is 46.1 Å². The second-order valence-electron chi connectivity index (χ2n) is 6.93. The van der Waals surface area contributed by atoms with E-state index >= 15 is 0 Å². The largest absolute Gasteiger partial charge is 0.494 e. The zero-order chi connectivity index (χ0) is 18.6. The Bertz CT molecular complexity index is 542. The van der Waals surface area contributed by atoms with Gasteiger partial charge in [-0.1, -0.05) is 19.1 Å². The van der Waals surface area contributed by atoms with Crippen LogP contribution in [0.25, 0.3) is 0 Å². The predicted molar refractivity (Wildman–Crippen MR) is 108 cm³/mol. The molecule has 0 amide bonds. The third kappa shape index (κ3) is 7.24. The number of ether oxygens (including phenoxy) is 2. The van der Waals surface area contributed by atoms with Gasteiger partial charge in [0.15, 0.2) is 5.96 Å². The number of rotatable bonds is 9. The van der Waals surface area contributed by atoms with Crippen LogP contribution in [-0.4, -0.2) is 50.8 Å². The van der Waals surface area contributed by atoms with Gasteiger partial charge in [-0.2, -0.15) is 0 Å². The summed E-state index contributed by atoms with van der Waals surface area (Å²) in [4.78, 5) is 7.07. The summed E-state index contributed by atoms with van der Waals surface area (Å²) in [6.45, 7) is 9.37. The molecule has 1 aliphatic rings. The van der Waals surface area contributed by atoms with E-state index in [-0.39, 0.29) is 0 Å². The molecule has 5 heteroatoms. The quantitative estimate of drug-likeness (QED) is 0.538. The highest BCUT2D eigenvalue weighted by molar-refractivity contribution is 5.79. The highest BCUT2D eigenvalue weighted by Crippen LogP contribution is 2.18. The number of hydrogen-bond donors (Lipinski definition) is 1. The first kappa shape index (κ1) is 20.6. The average Bonchev–Trinajstić information content (AvgIpc) is 2.69. The fourth-order valence-corrected chi connectivity index (χ4v) is 3.11. The van der Waals surface area contributed by atoms with Crippen LogP contribution in [0.3, 0.4) is 0 Å². The van der Waals surface area contributed by atoms with Crippen molar-refractivity contribution < 1.29 is 9.47 Å². The Kier molecular flexibility index (Phi) is 9.32. The molecule has 0 atom stereocenters. The van der Waals surface area contributed by atoms with E-state index in [9.17, 15) is 0 Å². The Labute approximate surface area is 158 Å². The van der Waals surface area contributed by atoms with Crippen LogP contribution in [-0.2, 0) is 11.3 Å². The third-order valence-corrected chi connectivity index (χ3v) is 4.69. The molecule has 0 aromatic heterocycles. The lowest BCUT2D eigenvalue weighted by Gasteiger charge is -2.26. The summed E-state index contributed by atoms with van der Waals surface area (Å²) in [6, 6.07) is 8.24. The van der Waals surface area contributed by atoms with E-state index in [4.69, 9.17) is 14.5 Å². The third-order valence-electron chi connectivity index (χ3n) is 4.69. The Morgan fingerprint density at radius 3 is 2.85 bits per heavy atom. The normalized spacial score (nSPS) is 15.7. The van der Waals surface area contributed by atoms with E-state index < -0.39 is 0 Å². The minimum Gasteiger partial charge on any atom is -0.494 e. The van der Waals surface area contributed by atoms with Crippen LogP contribution in [0.2, 0.25) is 0 Å². The van der Waals surface area contributed by atoms with Crippen molar-refractivity contribution in [2.45, 2.75) is 46.1 Å². The fourth-order valence-electron chi connectivity index (χ4n) is 3.11. The number of hydrogen-bond acceptors (Lipinski definition) is 3. The maximum absolute atomic E-state index is 5.72. The second kappa shape index (κ2) is 11.8. The van der Waals surface area contributed by atoms with Gasteiger partial charge < -0.3 is 19.7 Å². The molecule has 0 unspecified atom stereocenters. The highest BCUT2D eigenvalue weighted by atomic mass is 16.5. The lowest BCUT2D eigenvalue weighted by Crippen LogP contribution is -2.40. The van der Waals surface area contributed by atoms with Gasteiger partial charge in [-0.05, 0) is 56.2 Å². The molecular weight excluding hydrogens is 326 g/mol. The molecule has 0 radical (unpaired) electrons. The van der Waals surface area contributed by atoms with Crippen molar-refractivity contribution in [2.24, 2.45) is 10.9 Å². The molecular formula is C21H35N3O2. The Balaban J connectivity index is 1.90. The van der Waals surface area contributed by atoms with E-state index in [1.165, 1.54) is 24.8 Å². The second-order valence-corrected chi connectivity index (χ2v) is 6.93. The minimum atomic E-state index is 0.660. The van der Waals surface area contributed by atoms with E-state index in [1.807, 2.05) is 12.1 Å². The SMILES string of the molecule is CCCOc1cccc(CN=C(NCC)N(C)CCC2CCOCC2)c1. The lowest BCUT2D eigenvalue weighted by atomic mass is 9.96. The predicted octanol–water partition coefficient (Wildman–Crippen LogP) is 3.69. The molecule has 1 fully saturated rings. The molecule has 2 rings (SSSR count). The van der Waals surface area contributed by atoms with Crippen LogP contribution in [0.1, 0.15) is 45.1 Å². The molecule has 0 bridgehead atoms. The summed E-state index contributed by atoms with van der Waals surface area (Å²) in [5.41, 5.74) is 1.17. The molecule has 1 saturated heterocycles. The van der Waals surface area contributed by atoms with Crippen LogP contribution >= 0.6 is 0 Å². The van der Waals surface area contributed by atoms with Gasteiger partial charge in [0.2, 0.25) is 0 Å². The monoisotopic (exact) mass is 361 g/mol. The van der Waals surface area contributed by atoms with Gasteiger partial charge in [0, 0.05) is 33.4 Å². The molecule has 0 aliphatic carbocycles. The zero-order valence-electron chi connectivity index (χ0n) is 16.7. The maximum atomic E-state index is 5.72. The molecule has 0 spiro atoms. The molecule has 0 saturated carbocycles. The van der Waals surface area contributed by atoms with Crippen LogP contribution in [0.4, 0.5) is 0 Å². The van der Waals surface area contributed by atoms with Gasteiger partial charge >= 0.3 is 0 Å². The summed E-state index contributed by atoms with van der Waals surface area (Å²) in [5, 5.41) is 3.41. The summed E-state index contributed by atoms with van der Waals surface area (Å²) in [5.74, 6) is 2.68. The number of nitrogens with zero attached hydrogens (tertiary/aromatic N) is 2. The minimum absolute atomic E-state index is 0.660. The number of aliphatic imine (C=N–C) groups is 1. The Morgan fingerprint density at radius 1 is 1.31 bits per heavy atom. The zero-order valence-corrected chi connectivity index (χ0v) is 16.7. The van der Waals surface area contributed by atoms with E-state index in [0.717, 1.165) is 57.0 Å². The van der Waals surface area contributed by atoms with E-state index in [0.29, 0.717) is 6.54 Å². The smallest absolute Gasteiger partial charge is 0.193 e. The average molecular weight is 362 g/mol.